The molecule has 1 aromatic heterocycles. The molecule has 0 saturated carbocycles. The van der Waals surface area contributed by atoms with Crippen molar-refractivity contribution in [2.45, 2.75) is 18.1 Å². The first-order chi connectivity index (χ1) is 12.7. The standard InChI is InChI=1S/C15H11N3O2.C2HF3O2/c19-14-7-15(18-9-17-14)10-3-1-2-4-12(10)20-13-8-16-6-5-11(13)15;3-2(4,5)1(6)7/h1-6,8-9H,7H2,(H,17,18,19);(H,6,7). The molecule has 1 atom stereocenters. The van der Waals surface area contributed by atoms with Gasteiger partial charge in [-0.05, 0) is 12.1 Å². The molecule has 1 aromatic carbocycles. The van der Waals surface area contributed by atoms with Crippen LogP contribution < -0.4 is 10.1 Å². The van der Waals surface area contributed by atoms with Gasteiger partial charge >= 0.3 is 12.1 Å². The summed E-state index contributed by atoms with van der Waals surface area (Å²) in [5.74, 6) is -1.44. The summed E-state index contributed by atoms with van der Waals surface area (Å²) in [6.45, 7) is 0. The Morgan fingerprint density at radius 3 is 2.52 bits per heavy atom. The predicted octanol–water partition coefficient (Wildman–Crippen LogP) is 2.61. The third-order valence-electron chi connectivity index (χ3n) is 3.95. The number of aromatic nitrogens is 1. The molecule has 140 valence electrons. The van der Waals surface area contributed by atoms with Crippen molar-refractivity contribution >= 4 is 18.2 Å². The maximum absolute atomic E-state index is 11.9. The van der Waals surface area contributed by atoms with Crippen LogP contribution in [0, 0.1) is 0 Å². The van der Waals surface area contributed by atoms with Crippen LogP contribution >= 0.6 is 0 Å². The molecule has 7 nitrogen and oxygen atoms in total. The molecule has 3 heterocycles. The zero-order chi connectivity index (χ0) is 19.7. The van der Waals surface area contributed by atoms with Gasteiger partial charge in [0.1, 0.15) is 11.3 Å². The number of hydrogen-bond donors (Lipinski definition) is 2. The van der Waals surface area contributed by atoms with Crippen LogP contribution in [0.5, 0.6) is 11.5 Å². The summed E-state index contributed by atoms with van der Waals surface area (Å²) in [6, 6.07) is 9.53. The number of aliphatic carboxylic acids is 1. The maximum Gasteiger partial charge on any atom is 0.490 e. The number of hydrogen-bond acceptors (Lipinski definition) is 5. The molecular formula is C17H12F3N3O4. The van der Waals surface area contributed by atoms with Gasteiger partial charge in [0.15, 0.2) is 5.75 Å². The number of carboxylic acids is 1. The second-order valence-corrected chi connectivity index (χ2v) is 5.64. The van der Waals surface area contributed by atoms with Gasteiger partial charge in [0, 0.05) is 17.3 Å². The van der Waals surface area contributed by atoms with Crippen molar-refractivity contribution in [3.8, 4) is 11.5 Å². The summed E-state index contributed by atoms with van der Waals surface area (Å²) in [4.78, 5) is 29.5. The molecule has 2 aliphatic rings. The van der Waals surface area contributed by atoms with Crippen molar-refractivity contribution in [3.63, 3.8) is 0 Å². The molecule has 27 heavy (non-hydrogen) atoms. The number of carboxylic acid groups (broad SMARTS) is 1. The Morgan fingerprint density at radius 1 is 1.19 bits per heavy atom. The van der Waals surface area contributed by atoms with E-state index in [4.69, 9.17) is 14.6 Å². The number of aliphatic imine (C=N–C) groups is 1. The molecule has 2 N–H and O–H groups in total. The van der Waals surface area contributed by atoms with Gasteiger partial charge in [-0.3, -0.25) is 14.8 Å². The van der Waals surface area contributed by atoms with E-state index in [9.17, 15) is 18.0 Å². The van der Waals surface area contributed by atoms with Crippen LogP contribution in [0.4, 0.5) is 13.2 Å². The van der Waals surface area contributed by atoms with Crippen LogP contribution in [-0.2, 0) is 15.1 Å². The van der Waals surface area contributed by atoms with Gasteiger partial charge in [-0.2, -0.15) is 13.2 Å². The first-order valence-electron chi connectivity index (χ1n) is 7.59. The van der Waals surface area contributed by atoms with Gasteiger partial charge in [0.2, 0.25) is 5.91 Å². The fourth-order valence-electron chi connectivity index (χ4n) is 2.84. The number of para-hydroxylation sites is 1. The highest BCUT2D eigenvalue weighted by Crippen LogP contribution is 2.50. The molecule has 2 aliphatic heterocycles. The molecule has 1 spiro atoms. The van der Waals surface area contributed by atoms with Gasteiger partial charge < -0.3 is 15.2 Å². The van der Waals surface area contributed by atoms with Crippen molar-refractivity contribution in [2.24, 2.45) is 4.99 Å². The number of rotatable bonds is 0. The Bertz CT molecular complexity index is 882. The molecule has 2 aromatic rings. The molecule has 0 saturated heterocycles. The zero-order valence-corrected chi connectivity index (χ0v) is 13.5. The van der Waals surface area contributed by atoms with E-state index < -0.39 is 17.7 Å². The van der Waals surface area contributed by atoms with E-state index in [2.05, 4.69) is 15.3 Å². The van der Waals surface area contributed by atoms with E-state index in [-0.39, 0.29) is 12.3 Å². The summed E-state index contributed by atoms with van der Waals surface area (Å²) in [5, 5.41) is 9.75. The number of nitrogens with one attached hydrogen (secondary N) is 1. The SMILES string of the molecule is O=C(O)C(F)(F)F.O=C1CC2(N=CN1)c1ccccc1Oc1cnccc12. The Morgan fingerprint density at radius 2 is 1.85 bits per heavy atom. The fourth-order valence-corrected chi connectivity index (χ4v) is 2.84. The molecule has 0 radical (unpaired) electrons. The van der Waals surface area contributed by atoms with Crippen molar-refractivity contribution in [1.29, 1.82) is 0 Å². The Labute approximate surface area is 150 Å². The summed E-state index contributed by atoms with van der Waals surface area (Å²) < 4.78 is 37.6. The lowest BCUT2D eigenvalue weighted by atomic mass is 9.78. The molecule has 1 amide bonds. The lowest BCUT2D eigenvalue weighted by Crippen LogP contribution is -2.41. The minimum Gasteiger partial charge on any atom is -0.475 e. The zero-order valence-electron chi connectivity index (χ0n) is 13.5. The van der Waals surface area contributed by atoms with E-state index in [0.29, 0.717) is 5.75 Å². The highest BCUT2D eigenvalue weighted by atomic mass is 19.4. The summed E-state index contributed by atoms with van der Waals surface area (Å²) in [5.41, 5.74) is 1.07. The van der Waals surface area contributed by atoms with Gasteiger partial charge in [0.05, 0.1) is 19.0 Å². The highest BCUT2D eigenvalue weighted by Gasteiger charge is 2.45. The normalized spacial score (nSPS) is 19.7. The number of amides is 1. The number of benzene rings is 1. The third-order valence-corrected chi connectivity index (χ3v) is 3.95. The van der Waals surface area contributed by atoms with E-state index in [1.165, 1.54) is 6.34 Å². The molecule has 10 heteroatoms. The lowest BCUT2D eigenvalue weighted by molar-refractivity contribution is -0.192. The van der Waals surface area contributed by atoms with Crippen LogP contribution in [0.15, 0.2) is 47.7 Å². The minimum absolute atomic E-state index is 0.0561. The Kier molecular flexibility index (Phi) is 4.56. The van der Waals surface area contributed by atoms with E-state index in [1.807, 2.05) is 30.3 Å². The van der Waals surface area contributed by atoms with E-state index in [1.54, 1.807) is 12.4 Å². The largest absolute Gasteiger partial charge is 0.490 e. The number of pyridine rings is 1. The van der Waals surface area contributed by atoms with Crippen LogP contribution in [0.25, 0.3) is 0 Å². The van der Waals surface area contributed by atoms with E-state index in [0.717, 1.165) is 16.9 Å². The summed E-state index contributed by atoms with van der Waals surface area (Å²) in [7, 11) is 0. The average Bonchev–Trinajstić information content (AvgIpc) is 2.62. The van der Waals surface area contributed by atoms with Crippen molar-refractivity contribution in [3.05, 3.63) is 53.9 Å². The molecule has 4 rings (SSSR count). The van der Waals surface area contributed by atoms with Crippen molar-refractivity contribution < 1.29 is 32.6 Å². The van der Waals surface area contributed by atoms with Crippen molar-refractivity contribution in [2.75, 3.05) is 0 Å². The second-order valence-electron chi connectivity index (χ2n) is 5.64. The van der Waals surface area contributed by atoms with Crippen LogP contribution in [-0.4, -0.2) is 34.5 Å². The third kappa shape index (κ3) is 3.46. The number of fused-ring (bicyclic) bond motifs is 4. The number of carbonyl (C=O) groups is 2. The smallest absolute Gasteiger partial charge is 0.475 e. The molecule has 0 fully saturated rings. The fraction of sp³-hybridized carbons (Fsp3) is 0.176. The van der Waals surface area contributed by atoms with Crippen LogP contribution in [0.3, 0.4) is 0 Å². The molecule has 0 aliphatic carbocycles. The van der Waals surface area contributed by atoms with Crippen LogP contribution in [0.2, 0.25) is 0 Å². The van der Waals surface area contributed by atoms with Gasteiger partial charge in [-0.25, -0.2) is 4.79 Å². The average molecular weight is 379 g/mol. The number of halogens is 3. The maximum atomic E-state index is 11.9. The summed E-state index contributed by atoms with van der Waals surface area (Å²) in [6.07, 6.45) is 0.00793. The van der Waals surface area contributed by atoms with Crippen molar-refractivity contribution in [1.82, 2.24) is 10.3 Å². The Balaban J connectivity index is 0.000000260. The van der Waals surface area contributed by atoms with Gasteiger partial charge in [-0.1, -0.05) is 18.2 Å². The number of carbonyl (C=O) groups excluding carboxylic acids is 1. The van der Waals surface area contributed by atoms with Gasteiger partial charge in [-0.15, -0.1) is 0 Å². The Hall–Kier alpha value is -3.43. The number of nitrogens with zero attached hydrogens (tertiary/aromatic N) is 2. The molecule has 0 bridgehead atoms. The minimum atomic E-state index is -5.08. The first kappa shape index (κ1) is 18.4. The number of ether oxygens (including phenoxy) is 1. The van der Waals surface area contributed by atoms with E-state index >= 15 is 0 Å². The highest BCUT2D eigenvalue weighted by molar-refractivity contribution is 5.92. The molecule has 1 unspecified atom stereocenters. The summed E-state index contributed by atoms with van der Waals surface area (Å²) >= 11 is 0. The van der Waals surface area contributed by atoms with Gasteiger partial charge in [0.25, 0.3) is 0 Å². The topological polar surface area (TPSA) is 101 Å². The second kappa shape index (κ2) is 6.71. The monoisotopic (exact) mass is 379 g/mol. The molecular weight excluding hydrogens is 367 g/mol. The van der Waals surface area contributed by atoms with Crippen LogP contribution in [0.1, 0.15) is 17.5 Å². The quantitative estimate of drug-likeness (QED) is 0.733. The first-order valence-corrected chi connectivity index (χ1v) is 7.59. The number of alkyl halides is 3. The predicted molar refractivity (Wildman–Crippen MR) is 86.5 cm³/mol. The lowest BCUT2D eigenvalue weighted by Gasteiger charge is -2.37.